The molecule has 0 saturated carbocycles. The first-order valence-corrected chi connectivity index (χ1v) is 7.21. The third-order valence-corrected chi connectivity index (χ3v) is 5.18. The summed E-state index contributed by atoms with van der Waals surface area (Å²) in [6.07, 6.45) is 1.87. The number of halogens is 1. The van der Waals surface area contributed by atoms with Crippen molar-refractivity contribution < 1.29 is 23.2 Å². The summed E-state index contributed by atoms with van der Waals surface area (Å²) in [5.41, 5.74) is 0. The predicted octanol–water partition coefficient (Wildman–Crippen LogP) is 0.810. The number of nitrogens with zero attached hydrogens (tertiary/aromatic N) is 1. The summed E-state index contributed by atoms with van der Waals surface area (Å²) in [6, 6.07) is 0. The van der Waals surface area contributed by atoms with Gasteiger partial charge >= 0.3 is 5.97 Å². The number of ether oxygens (including phenoxy) is 1. The van der Waals surface area contributed by atoms with Gasteiger partial charge in [-0.25, -0.2) is 8.42 Å². The monoisotopic (exact) mass is 285 g/mol. The van der Waals surface area contributed by atoms with E-state index in [1.165, 1.54) is 6.92 Å². The molecule has 0 aliphatic heterocycles. The molecular weight excluding hydrogens is 270 g/mol. The van der Waals surface area contributed by atoms with Crippen molar-refractivity contribution >= 4 is 33.6 Å². The number of oxime groups is 1. The van der Waals surface area contributed by atoms with E-state index in [9.17, 15) is 13.2 Å². The molecule has 0 aliphatic rings. The zero-order valence-electron chi connectivity index (χ0n) is 9.88. The van der Waals surface area contributed by atoms with Crippen molar-refractivity contribution in [2.45, 2.75) is 30.4 Å². The van der Waals surface area contributed by atoms with Crippen molar-refractivity contribution in [3.8, 4) is 0 Å². The van der Waals surface area contributed by atoms with Crippen LogP contribution in [0.15, 0.2) is 5.16 Å². The van der Waals surface area contributed by atoms with E-state index in [0.717, 1.165) is 12.5 Å². The molecular formula is C9H16ClNO5S. The van der Waals surface area contributed by atoms with Crippen molar-refractivity contribution in [3.05, 3.63) is 0 Å². The molecule has 0 aromatic heterocycles. The number of carbonyl (C=O) groups is 1. The number of esters is 1. The highest BCUT2D eigenvalue weighted by atomic mass is 35.5. The second-order valence-corrected chi connectivity index (χ2v) is 6.52. The molecule has 2 unspecified atom stereocenters. The minimum atomic E-state index is -3.77. The number of hydrogen-bond acceptors (Lipinski definition) is 6. The van der Waals surface area contributed by atoms with E-state index in [2.05, 4.69) is 5.16 Å². The Morgan fingerprint density at radius 3 is 2.53 bits per heavy atom. The summed E-state index contributed by atoms with van der Waals surface area (Å²) in [5.74, 6) is -0.908. The van der Waals surface area contributed by atoms with Crippen LogP contribution in [0.2, 0.25) is 0 Å². The van der Waals surface area contributed by atoms with Gasteiger partial charge in [-0.05, 0) is 13.8 Å². The van der Waals surface area contributed by atoms with Gasteiger partial charge in [-0.1, -0.05) is 0 Å². The van der Waals surface area contributed by atoms with E-state index in [0.29, 0.717) is 0 Å². The van der Waals surface area contributed by atoms with Crippen LogP contribution in [0, 0.1) is 0 Å². The van der Waals surface area contributed by atoms with Crippen molar-refractivity contribution in [2.24, 2.45) is 5.16 Å². The van der Waals surface area contributed by atoms with Crippen LogP contribution in [-0.2, 0) is 19.4 Å². The lowest BCUT2D eigenvalue weighted by Gasteiger charge is -2.28. The minimum absolute atomic E-state index is 0.0572. The first-order chi connectivity index (χ1) is 7.71. The highest BCUT2D eigenvalue weighted by Gasteiger charge is 2.50. The Morgan fingerprint density at radius 2 is 2.18 bits per heavy atom. The molecule has 2 atom stereocenters. The molecule has 0 amide bonds. The van der Waals surface area contributed by atoms with E-state index < -0.39 is 25.9 Å². The summed E-state index contributed by atoms with van der Waals surface area (Å²) in [7, 11) is -3.77. The number of sulfone groups is 1. The Kier molecular flexibility index (Phi) is 5.91. The molecule has 6 nitrogen and oxygen atoms in total. The maximum atomic E-state index is 11.7. The molecule has 0 spiro atoms. The fourth-order valence-corrected chi connectivity index (χ4v) is 2.73. The molecule has 17 heavy (non-hydrogen) atoms. The molecule has 0 fully saturated rings. The molecule has 100 valence electrons. The second kappa shape index (κ2) is 6.20. The first-order valence-electron chi connectivity index (χ1n) is 4.88. The maximum Gasteiger partial charge on any atom is 0.328 e. The molecule has 0 rings (SSSR count). The molecule has 1 N–H and O–H groups in total. The zero-order chi connectivity index (χ0) is 13.7. The van der Waals surface area contributed by atoms with Crippen LogP contribution in [0.25, 0.3) is 0 Å². The average Bonchev–Trinajstić information content (AvgIpc) is 2.23. The summed E-state index contributed by atoms with van der Waals surface area (Å²) in [5, 5.41) is 9.91. The van der Waals surface area contributed by atoms with E-state index >= 15 is 0 Å². The van der Waals surface area contributed by atoms with Gasteiger partial charge in [0.1, 0.15) is 0 Å². The fraction of sp³-hybridized carbons (Fsp3) is 0.778. The summed E-state index contributed by atoms with van der Waals surface area (Å²) in [4.78, 5) is 11.7. The van der Waals surface area contributed by atoms with E-state index in [1.807, 2.05) is 0 Å². The van der Waals surface area contributed by atoms with Crippen molar-refractivity contribution in [1.82, 2.24) is 0 Å². The third-order valence-electron chi connectivity index (χ3n) is 2.44. The molecule has 8 heteroatoms. The third kappa shape index (κ3) is 3.57. The van der Waals surface area contributed by atoms with Crippen molar-refractivity contribution in [2.75, 3.05) is 12.9 Å². The number of alkyl halides is 1. The molecule has 0 aromatic rings. The topological polar surface area (TPSA) is 93.0 Å². The number of hydrogen-bond donors (Lipinski definition) is 1. The summed E-state index contributed by atoms with van der Waals surface area (Å²) >= 11 is 5.90. The van der Waals surface area contributed by atoms with Crippen LogP contribution >= 0.6 is 11.6 Å². The normalized spacial score (nSPS) is 17.6. The van der Waals surface area contributed by atoms with Crippen LogP contribution in [0.3, 0.4) is 0 Å². The SMILES string of the molecule is CCOC(=O)C(C)(C(Cl)CC=NO)S(C)(=O)=O. The number of carbonyl (C=O) groups excluding carboxylic acids is 1. The minimum Gasteiger partial charge on any atom is -0.465 e. The average molecular weight is 286 g/mol. The molecule has 0 radical (unpaired) electrons. The Labute approximate surface area is 106 Å². The van der Waals surface area contributed by atoms with Gasteiger partial charge in [0.25, 0.3) is 0 Å². The van der Waals surface area contributed by atoms with Gasteiger partial charge < -0.3 is 9.94 Å². The van der Waals surface area contributed by atoms with E-state index in [-0.39, 0.29) is 13.0 Å². The van der Waals surface area contributed by atoms with Gasteiger partial charge in [-0.2, -0.15) is 0 Å². The van der Waals surface area contributed by atoms with Crippen molar-refractivity contribution in [1.29, 1.82) is 0 Å². The molecule has 0 heterocycles. The van der Waals surface area contributed by atoms with Gasteiger partial charge in [0.05, 0.1) is 12.0 Å². The lowest BCUT2D eigenvalue weighted by atomic mass is 10.0. The van der Waals surface area contributed by atoms with E-state index in [4.69, 9.17) is 21.5 Å². The smallest absolute Gasteiger partial charge is 0.328 e. The fourth-order valence-electron chi connectivity index (χ4n) is 1.15. The predicted molar refractivity (Wildman–Crippen MR) is 64.4 cm³/mol. The lowest BCUT2D eigenvalue weighted by Crippen LogP contribution is -2.51. The van der Waals surface area contributed by atoms with Crippen LogP contribution in [0.5, 0.6) is 0 Å². The molecule has 0 bridgehead atoms. The van der Waals surface area contributed by atoms with Crippen LogP contribution in [0.1, 0.15) is 20.3 Å². The van der Waals surface area contributed by atoms with Crippen molar-refractivity contribution in [3.63, 3.8) is 0 Å². The largest absolute Gasteiger partial charge is 0.465 e. The van der Waals surface area contributed by atoms with Gasteiger partial charge in [-0.3, -0.25) is 4.79 Å². The summed E-state index contributed by atoms with van der Waals surface area (Å²) in [6.45, 7) is 2.82. The van der Waals surface area contributed by atoms with Gasteiger partial charge in [0.15, 0.2) is 14.6 Å². The highest BCUT2D eigenvalue weighted by Crippen LogP contribution is 2.29. The quantitative estimate of drug-likeness (QED) is 0.256. The van der Waals surface area contributed by atoms with Crippen LogP contribution in [-0.4, -0.2) is 48.8 Å². The standard InChI is InChI=1S/C9H16ClNO5S/c1-4-16-8(12)9(2,17(3,14)15)7(10)5-6-11-13/h6-7,13H,4-5H2,1-3H3. The highest BCUT2D eigenvalue weighted by molar-refractivity contribution is 7.93. The first kappa shape index (κ1) is 16.2. The Morgan fingerprint density at radius 1 is 1.65 bits per heavy atom. The summed E-state index contributed by atoms with van der Waals surface area (Å²) < 4.78 is 26.2. The molecule has 0 aromatic carbocycles. The lowest BCUT2D eigenvalue weighted by molar-refractivity contribution is -0.145. The van der Waals surface area contributed by atoms with Gasteiger partial charge in [0, 0.05) is 18.9 Å². The maximum absolute atomic E-state index is 11.7. The van der Waals surface area contributed by atoms with Gasteiger partial charge in [0.2, 0.25) is 0 Å². The second-order valence-electron chi connectivity index (χ2n) is 3.60. The van der Waals surface area contributed by atoms with Crippen LogP contribution in [0.4, 0.5) is 0 Å². The molecule has 0 saturated heterocycles. The van der Waals surface area contributed by atoms with E-state index in [1.54, 1.807) is 6.92 Å². The zero-order valence-corrected chi connectivity index (χ0v) is 11.5. The Hall–Kier alpha value is -0.820. The van der Waals surface area contributed by atoms with Gasteiger partial charge in [-0.15, -0.1) is 16.8 Å². The molecule has 0 aliphatic carbocycles. The van der Waals surface area contributed by atoms with Crippen LogP contribution < -0.4 is 0 Å². The Bertz CT molecular complexity index is 394. The number of rotatable bonds is 6. The Balaban J connectivity index is 5.33.